The van der Waals surface area contributed by atoms with Crippen LogP contribution in [-0.4, -0.2) is 15.0 Å². The van der Waals surface area contributed by atoms with Gasteiger partial charge in [-0.25, -0.2) is 13.1 Å². The van der Waals surface area contributed by atoms with Crippen LogP contribution in [-0.2, 0) is 10.0 Å². The van der Waals surface area contributed by atoms with Crippen LogP contribution in [0.2, 0.25) is 0 Å². The Balaban J connectivity index is 1.89. The van der Waals surface area contributed by atoms with E-state index in [9.17, 15) is 8.42 Å². The summed E-state index contributed by atoms with van der Waals surface area (Å²) in [7, 11) is -3.55. The Hall–Kier alpha value is -1.57. The summed E-state index contributed by atoms with van der Waals surface area (Å²) in [6.45, 7) is 0.497. The minimum absolute atomic E-state index is 0.235. The van der Waals surface area contributed by atoms with Crippen molar-refractivity contribution in [2.75, 3.05) is 12.3 Å². The van der Waals surface area contributed by atoms with E-state index in [4.69, 9.17) is 10.5 Å². The van der Waals surface area contributed by atoms with Crippen molar-refractivity contribution < 1.29 is 13.2 Å². The highest BCUT2D eigenvalue weighted by Gasteiger charge is 2.27. The number of benzene rings is 1. The lowest BCUT2D eigenvalue weighted by Gasteiger charge is -2.26. The first kappa shape index (κ1) is 13.4. The van der Waals surface area contributed by atoms with Gasteiger partial charge in [0.1, 0.15) is 9.96 Å². The molecule has 1 unspecified atom stereocenters. The van der Waals surface area contributed by atoms with E-state index in [2.05, 4.69) is 4.72 Å². The fourth-order valence-electron chi connectivity index (χ4n) is 2.18. The lowest BCUT2D eigenvalue weighted by Crippen LogP contribution is -2.31. The van der Waals surface area contributed by atoms with Gasteiger partial charge in [0, 0.05) is 23.1 Å². The molecule has 0 radical (unpaired) electrons. The van der Waals surface area contributed by atoms with Crippen molar-refractivity contribution in [2.45, 2.75) is 16.7 Å². The minimum atomic E-state index is -3.55. The molecule has 20 heavy (non-hydrogen) atoms. The van der Waals surface area contributed by atoms with Crippen molar-refractivity contribution in [3.05, 3.63) is 41.3 Å². The van der Waals surface area contributed by atoms with E-state index in [1.807, 2.05) is 24.3 Å². The first-order valence-electron chi connectivity index (χ1n) is 6.14. The molecule has 1 atom stereocenters. The molecule has 0 fully saturated rings. The molecule has 1 aliphatic heterocycles. The predicted molar refractivity (Wildman–Crippen MR) is 78.3 cm³/mol. The Morgan fingerprint density at radius 1 is 1.35 bits per heavy atom. The number of nitrogen functional groups attached to an aromatic ring is 1. The fourth-order valence-corrected chi connectivity index (χ4v) is 4.53. The van der Waals surface area contributed by atoms with Crippen molar-refractivity contribution >= 4 is 27.0 Å². The van der Waals surface area contributed by atoms with Gasteiger partial charge in [-0.15, -0.1) is 11.3 Å². The third-order valence-electron chi connectivity index (χ3n) is 3.12. The highest BCUT2D eigenvalue weighted by molar-refractivity contribution is 7.91. The molecule has 2 heterocycles. The van der Waals surface area contributed by atoms with Gasteiger partial charge in [-0.2, -0.15) is 0 Å². The zero-order chi connectivity index (χ0) is 14.2. The van der Waals surface area contributed by atoms with Gasteiger partial charge >= 0.3 is 0 Å². The van der Waals surface area contributed by atoms with Gasteiger partial charge in [0.25, 0.3) is 10.0 Å². The van der Waals surface area contributed by atoms with Gasteiger partial charge in [-0.3, -0.25) is 0 Å². The van der Waals surface area contributed by atoms with Crippen LogP contribution < -0.4 is 15.2 Å². The monoisotopic (exact) mass is 310 g/mol. The van der Waals surface area contributed by atoms with E-state index >= 15 is 0 Å². The lowest BCUT2D eigenvalue weighted by molar-refractivity contribution is 0.263. The molecule has 0 spiro atoms. The minimum Gasteiger partial charge on any atom is -0.493 e. The average molecular weight is 310 g/mol. The van der Waals surface area contributed by atoms with Crippen LogP contribution in [0.3, 0.4) is 0 Å². The number of nitrogens with two attached hydrogens (primary N) is 1. The summed E-state index contributed by atoms with van der Waals surface area (Å²) in [5.41, 5.74) is 6.91. The second-order valence-corrected chi connectivity index (χ2v) is 7.40. The SMILES string of the molecule is Nc1csc(S(=O)(=O)NC2CCOc3ccccc32)c1. The molecule has 7 heteroatoms. The second-order valence-electron chi connectivity index (χ2n) is 4.55. The number of sulfonamides is 1. The van der Waals surface area contributed by atoms with E-state index in [-0.39, 0.29) is 10.3 Å². The molecular weight excluding hydrogens is 296 g/mol. The Morgan fingerprint density at radius 2 is 2.15 bits per heavy atom. The van der Waals surface area contributed by atoms with Crippen LogP contribution in [0.5, 0.6) is 5.75 Å². The first-order chi connectivity index (χ1) is 9.56. The molecule has 1 aromatic carbocycles. The third kappa shape index (κ3) is 2.52. The van der Waals surface area contributed by atoms with Crippen molar-refractivity contribution in [1.82, 2.24) is 4.72 Å². The lowest BCUT2D eigenvalue weighted by atomic mass is 10.0. The number of anilines is 1. The predicted octanol–water partition coefficient (Wildman–Crippen LogP) is 2.13. The molecule has 2 aromatic rings. The van der Waals surface area contributed by atoms with E-state index in [0.29, 0.717) is 18.7 Å². The summed E-state index contributed by atoms with van der Waals surface area (Å²) in [6, 6.07) is 8.67. The number of rotatable bonds is 3. The largest absolute Gasteiger partial charge is 0.493 e. The zero-order valence-corrected chi connectivity index (χ0v) is 12.2. The standard InChI is InChI=1S/C13H14N2O3S2/c14-9-7-13(19-8-9)20(16,17)15-11-5-6-18-12-4-2-1-3-10(11)12/h1-4,7-8,11,15H,5-6,14H2. The molecule has 106 valence electrons. The highest BCUT2D eigenvalue weighted by Crippen LogP contribution is 2.33. The normalized spacial score (nSPS) is 18.3. The van der Waals surface area contributed by atoms with Crippen molar-refractivity contribution in [3.63, 3.8) is 0 Å². The molecule has 0 amide bonds. The Morgan fingerprint density at radius 3 is 2.90 bits per heavy atom. The van der Waals surface area contributed by atoms with Gasteiger partial charge in [-0.1, -0.05) is 18.2 Å². The van der Waals surface area contributed by atoms with Crippen molar-refractivity contribution in [3.8, 4) is 5.75 Å². The Kier molecular flexibility index (Phi) is 3.41. The van der Waals surface area contributed by atoms with Crippen LogP contribution in [0.25, 0.3) is 0 Å². The van der Waals surface area contributed by atoms with Crippen LogP contribution in [0, 0.1) is 0 Å². The molecule has 0 saturated carbocycles. The van der Waals surface area contributed by atoms with Gasteiger partial charge in [0.2, 0.25) is 0 Å². The van der Waals surface area contributed by atoms with E-state index in [1.54, 1.807) is 5.38 Å². The van der Waals surface area contributed by atoms with Gasteiger partial charge in [0.05, 0.1) is 12.6 Å². The van der Waals surface area contributed by atoms with Crippen LogP contribution in [0.4, 0.5) is 5.69 Å². The Bertz CT molecular complexity index is 725. The molecule has 1 aliphatic rings. The Labute approximate surface area is 121 Å². The fraction of sp³-hybridized carbons (Fsp3) is 0.231. The van der Waals surface area contributed by atoms with Crippen LogP contribution in [0.15, 0.2) is 39.9 Å². The molecule has 1 aromatic heterocycles. The molecular formula is C13H14N2O3S2. The number of ether oxygens (including phenoxy) is 1. The highest BCUT2D eigenvalue weighted by atomic mass is 32.2. The summed E-state index contributed by atoms with van der Waals surface area (Å²) in [5, 5.41) is 1.62. The number of thiophene rings is 1. The number of hydrogen-bond donors (Lipinski definition) is 2. The maximum atomic E-state index is 12.3. The number of fused-ring (bicyclic) bond motifs is 1. The van der Waals surface area contributed by atoms with Crippen molar-refractivity contribution in [2.24, 2.45) is 0 Å². The van der Waals surface area contributed by atoms with Gasteiger partial charge < -0.3 is 10.5 Å². The topological polar surface area (TPSA) is 81.4 Å². The third-order valence-corrected chi connectivity index (χ3v) is 6.05. The summed E-state index contributed by atoms with van der Waals surface area (Å²) in [5.74, 6) is 0.733. The van der Waals surface area contributed by atoms with Gasteiger partial charge in [0.15, 0.2) is 0 Å². The maximum absolute atomic E-state index is 12.3. The van der Waals surface area contributed by atoms with E-state index in [1.165, 1.54) is 6.07 Å². The average Bonchev–Trinajstić information content (AvgIpc) is 2.86. The summed E-state index contributed by atoms with van der Waals surface area (Å²) in [6.07, 6.45) is 0.608. The van der Waals surface area contributed by atoms with Crippen molar-refractivity contribution in [1.29, 1.82) is 0 Å². The van der Waals surface area contributed by atoms with Gasteiger partial charge in [-0.05, 0) is 12.1 Å². The summed E-state index contributed by atoms with van der Waals surface area (Å²) < 4.78 is 33.1. The smallest absolute Gasteiger partial charge is 0.250 e. The summed E-state index contributed by atoms with van der Waals surface area (Å²) >= 11 is 1.12. The zero-order valence-electron chi connectivity index (χ0n) is 10.6. The molecule has 5 nitrogen and oxygen atoms in total. The maximum Gasteiger partial charge on any atom is 0.250 e. The first-order valence-corrected chi connectivity index (χ1v) is 8.50. The molecule has 0 saturated heterocycles. The molecule has 0 bridgehead atoms. The molecule has 3 rings (SSSR count). The van der Waals surface area contributed by atoms with Crippen LogP contribution in [0.1, 0.15) is 18.0 Å². The number of para-hydroxylation sites is 1. The van der Waals surface area contributed by atoms with E-state index in [0.717, 1.165) is 22.6 Å². The second kappa shape index (κ2) is 5.08. The molecule has 3 N–H and O–H groups in total. The number of nitrogens with one attached hydrogen (secondary N) is 1. The quantitative estimate of drug-likeness (QED) is 0.910. The number of hydrogen-bond acceptors (Lipinski definition) is 5. The van der Waals surface area contributed by atoms with E-state index < -0.39 is 10.0 Å². The summed E-state index contributed by atoms with van der Waals surface area (Å²) in [4.78, 5) is 0. The van der Waals surface area contributed by atoms with Crippen LogP contribution >= 0.6 is 11.3 Å². The molecule has 0 aliphatic carbocycles.